The van der Waals surface area contributed by atoms with Crippen LogP contribution >= 0.6 is 0 Å². The normalized spacial score (nSPS) is 12.5. The summed E-state index contributed by atoms with van der Waals surface area (Å²) in [4.78, 5) is 20.9. The molecule has 132 valence electrons. The van der Waals surface area contributed by atoms with Gasteiger partial charge in [-0.2, -0.15) is 10.1 Å². The first-order valence-electron chi connectivity index (χ1n) is 8.39. The number of rotatable bonds is 5. The van der Waals surface area contributed by atoms with Crippen LogP contribution in [0.25, 0.3) is 5.78 Å². The van der Waals surface area contributed by atoms with E-state index in [0.717, 1.165) is 34.0 Å². The number of amides is 1. The van der Waals surface area contributed by atoms with E-state index in [-0.39, 0.29) is 11.9 Å². The van der Waals surface area contributed by atoms with Gasteiger partial charge in [-0.1, -0.05) is 0 Å². The van der Waals surface area contributed by atoms with Gasteiger partial charge in [-0.05, 0) is 52.7 Å². The van der Waals surface area contributed by atoms with Crippen molar-refractivity contribution in [3.05, 3.63) is 46.4 Å². The van der Waals surface area contributed by atoms with Gasteiger partial charge in [0.2, 0.25) is 5.91 Å². The van der Waals surface area contributed by atoms with Crippen molar-refractivity contribution in [2.75, 3.05) is 0 Å². The van der Waals surface area contributed by atoms with Gasteiger partial charge in [0.1, 0.15) is 17.8 Å². The highest BCUT2D eigenvalue weighted by atomic mass is 16.3. The maximum atomic E-state index is 12.4. The molecule has 0 bridgehead atoms. The number of nitrogens with one attached hydrogen (secondary N) is 1. The number of hydrogen-bond acceptors (Lipinski definition) is 5. The molecule has 7 nitrogen and oxygen atoms in total. The number of aryl methyl sites for hydroxylation is 4. The quantitative estimate of drug-likeness (QED) is 0.771. The SMILES string of the molecule is Cc1cc([C@@H](C)NC(=O)CCc2c(C)nc3ncnn3c2C)c(C)o1. The van der Waals surface area contributed by atoms with E-state index >= 15 is 0 Å². The van der Waals surface area contributed by atoms with Gasteiger partial charge in [0, 0.05) is 23.4 Å². The smallest absolute Gasteiger partial charge is 0.252 e. The van der Waals surface area contributed by atoms with Crippen LogP contribution in [0.1, 0.15) is 53.4 Å². The lowest BCUT2D eigenvalue weighted by Gasteiger charge is -2.14. The van der Waals surface area contributed by atoms with Crippen molar-refractivity contribution >= 4 is 11.7 Å². The Labute approximate surface area is 146 Å². The van der Waals surface area contributed by atoms with E-state index in [4.69, 9.17) is 4.42 Å². The molecule has 0 saturated heterocycles. The standard InChI is InChI=1S/C18H23N5O2/c1-10-8-16(14(5)25-10)12(3)21-17(24)7-6-15-11(2)22-18-19-9-20-23(18)13(15)4/h8-9,12H,6-7H2,1-5H3,(H,21,24)/t12-/m1/s1. The minimum Gasteiger partial charge on any atom is -0.466 e. The van der Waals surface area contributed by atoms with Gasteiger partial charge in [0.15, 0.2) is 0 Å². The molecular weight excluding hydrogens is 318 g/mol. The van der Waals surface area contributed by atoms with Crippen LogP contribution in [0.15, 0.2) is 16.8 Å². The predicted octanol–water partition coefficient (Wildman–Crippen LogP) is 2.76. The molecule has 0 unspecified atom stereocenters. The molecule has 0 aliphatic heterocycles. The molecule has 3 rings (SSSR count). The third kappa shape index (κ3) is 3.40. The number of furan rings is 1. The highest BCUT2D eigenvalue weighted by molar-refractivity contribution is 5.76. The summed E-state index contributed by atoms with van der Waals surface area (Å²) in [5.74, 6) is 2.29. The highest BCUT2D eigenvalue weighted by Crippen LogP contribution is 2.21. The molecule has 3 heterocycles. The lowest BCUT2D eigenvalue weighted by atomic mass is 10.1. The summed E-state index contributed by atoms with van der Waals surface area (Å²) < 4.78 is 7.24. The van der Waals surface area contributed by atoms with Gasteiger partial charge in [0.05, 0.1) is 6.04 Å². The average molecular weight is 341 g/mol. The summed E-state index contributed by atoms with van der Waals surface area (Å²) >= 11 is 0. The van der Waals surface area contributed by atoms with Crippen LogP contribution in [-0.4, -0.2) is 25.5 Å². The zero-order chi connectivity index (χ0) is 18.1. The summed E-state index contributed by atoms with van der Waals surface area (Å²) in [5, 5.41) is 7.22. The third-order valence-electron chi connectivity index (χ3n) is 4.51. The Morgan fingerprint density at radius 2 is 2.08 bits per heavy atom. The lowest BCUT2D eigenvalue weighted by Crippen LogP contribution is -2.27. The van der Waals surface area contributed by atoms with Crippen molar-refractivity contribution < 1.29 is 9.21 Å². The van der Waals surface area contributed by atoms with E-state index in [1.54, 1.807) is 4.52 Å². The second-order valence-electron chi connectivity index (χ2n) is 6.39. The number of nitrogens with zero attached hydrogens (tertiary/aromatic N) is 4. The Kier molecular flexibility index (Phi) is 4.57. The van der Waals surface area contributed by atoms with Gasteiger partial charge < -0.3 is 9.73 Å². The number of fused-ring (bicyclic) bond motifs is 1. The van der Waals surface area contributed by atoms with Crippen LogP contribution in [0.5, 0.6) is 0 Å². The summed E-state index contributed by atoms with van der Waals surface area (Å²) in [6.45, 7) is 9.70. The summed E-state index contributed by atoms with van der Waals surface area (Å²) in [5.41, 5.74) is 3.92. The van der Waals surface area contributed by atoms with E-state index < -0.39 is 0 Å². The predicted molar refractivity (Wildman–Crippen MR) is 93.3 cm³/mol. The van der Waals surface area contributed by atoms with E-state index in [1.807, 2.05) is 40.7 Å². The Balaban J connectivity index is 1.67. The zero-order valence-electron chi connectivity index (χ0n) is 15.3. The fraction of sp³-hybridized carbons (Fsp3) is 0.444. The molecule has 0 aliphatic carbocycles. The van der Waals surface area contributed by atoms with E-state index in [1.165, 1.54) is 6.33 Å². The van der Waals surface area contributed by atoms with Crippen LogP contribution < -0.4 is 5.32 Å². The third-order valence-corrected chi connectivity index (χ3v) is 4.51. The maximum Gasteiger partial charge on any atom is 0.252 e. The summed E-state index contributed by atoms with van der Waals surface area (Å²) in [7, 11) is 0. The van der Waals surface area contributed by atoms with Crippen molar-refractivity contribution in [2.24, 2.45) is 0 Å². The highest BCUT2D eigenvalue weighted by Gasteiger charge is 2.16. The van der Waals surface area contributed by atoms with E-state index in [0.29, 0.717) is 18.6 Å². The largest absolute Gasteiger partial charge is 0.466 e. The van der Waals surface area contributed by atoms with Crippen LogP contribution in [0.4, 0.5) is 0 Å². The van der Waals surface area contributed by atoms with Gasteiger partial charge in [0.25, 0.3) is 5.78 Å². The Hall–Kier alpha value is -2.70. The van der Waals surface area contributed by atoms with Crippen LogP contribution in [-0.2, 0) is 11.2 Å². The molecule has 3 aromatic heterocycles. The number of carbonyl (C=O) groups excluding carboxylic acids is 1. The Morgan fingerprint density at radius 1 is 1.32 bits per heavy atom. The van der Waals surface area contributed by atoms with Crippen molar-refractivity contribution in [1.29, 1.82) is 0 Å². The fourth-order valence-corrected chi connectivity index (χ4v) is 3.23. The van der Waals surface area contributed by atoms with Gasteiger partial charge in [-0.25, -0.2) is 9.50 Å². The van der Waals surface area contributed by atoms with Gasteiger partial charge in [-0.15, -0.1) is 0 Å². The van der Waals surface area contributed by atoms with Crippen LogP contribution in [0.3, 0.4) is 0 Å². The molecule has 3 aromatic rings. The van der Waals surface area contributed by atoms with Crippen molar-refractivity contribution in [3.8, 4) is 0 Å². The monoisotopic (exact) mass is 341 g/mol. The summed E-state index contributed by atoms with van der Waals surface area (Å²) in [6.07, 6.45) is 2.49. The van der Waals surface area contributed by atoms with Crippen molar-refractivity contribution in [1.82, 2.24) is 24.9 Å². The number of carbonyl (C=O) groups is 1. The van der Waals surface area contributed by atoms with Gasteiger partial charge in [-0.3, -0.25) is 4.79 Å². The van der Waals surface area contributed by atoms with E-state index in [2.05, 4.69) is 20.4 Å². The molecule has 1 amide bonds. The number of hydrogen-bond donors (Lipinski definition) is 1. The fourth-order valence-electron chi connectivity index (χ4n) is 3.23. The topological polar surface area (TPSA) is 85.3 Å². The Morgan fingerprint density at radius 3 is 2.76 bits per heavy atom. The average Bonchev–Trinajstić information content (AvgIpc) is 3.13. The molecule has 0 saturated carbocycles. The van der Waals surface area contributed by atoms with Gasteiger partial charge >= 0.3 is 0 Å². The molecule has 0 aliphatic rings. The molecule has 0 fully saturated rings. The molecule has 1 N–H and O–H groups in total. The molecule has 0 radical (unpaired) electrons. The first-order chi connectivity index (χ1) is 11.9. The molecule has 0 spiro atoms. The first-order valence-corrected chi connectivity index (χ1v) is 8.39. The molecular formula is C18H23N5O2. The minimum absolute atomic E-state index is 0.00300. The second kappa shape index (κ2) is 6.66. The number of aromatic nitrogens is 4. The van der Waals surface area contributed by atoms with Crippen molar-refractivity contribution in [3.63, 3.8) is 0 Å². The minimum atomic E-state index is -0.0805. The lowest BCUT2D eigenvalue weighted by molar-refractivity contribution is -0.121. The first kappa shape index (κ1) is 17.1. The molecule has 1 atom stereocenters. The molecule has 0 aromatic carbocycles. The molecule has 25 heavy (non-hydrogen) atoms. The van der Waals surface area contributed by atoms with E-state index in [9.17, 15) is 4.79 Å². The summed E-state index contributed by atoms with van der Waals surface area (Å²) in [6, 6.07) is 1.89. The van der Waals surface area contributed by atoms with Crippen molar-refractivity contribution in [2.45, 2.75) is 53.5 Å². The van der Waals surface area contributed by atoms with Crippen LogP contribution in [0, 0.1) is 27.7 Å². The Bertz CT molecular complexity index is 925. The maximum absolute atomic E-state index is 12.4. The molecule has 7 heteroatoms. The second-order valence-corrected chi connectivity index (χ2v) is 6.39. The zero-order valence-corrected chi connectivity index (χ0v) is 15.3. The van der Waals surface area contributed by atoms with Crippen LogP contribution in [0.2, 0.25) is 0 Å².